The Kier molecular flexibility index (Phi) is 3.11. The van der Waals surface area contributed by atoms with Crippen molar-refractivity contribution in [1.82, 2.24) is 0 Å². The molecular weight excluding hydrogens is 242 g/mol. The molecule has 2 heteroatoms. The van der Waals surface area contributed by atoms with E-state index in [1.807, 2.05) is 12.1 Å². The smallest absolute Gasteiger partial charge is 0.0406 e. The van der Waals surface area contributed by atoms with Crippen molar-refractivity contribution in [3.05, 3.63) is 70.2 Å². The molecular formula is C16H16ClN. The van der Waals surface area contributed by atoms with Crippen molar-refractivity contribution in [3.8, 4) is 0 Å². The maximum Gasteiger partial charge on any atom is 0.0406 e. The molecule has 0 saturated carbocycles. The molecule has 0 unspecified atom stereocenters. The molecule has 0 spiro atoms. The van der Waals surface area contributed by atoms with E-state index in [1.165, 1.54) is 16.7 Å². The highest BCUT2D eigenvalue weighted by Gasteiger charge is 2.25. The van der Waals surface area contributed by atoms with Crippen LogP contribution in [0.1, 0.15) is 29.0 Å². The van der Waals surface area contributed by atoms with Crippen molar-refractivity contribution in [1.29, 1.82) is 0 Å². The van der Waals surface area contributed by atoms with Gasteiger partial charge in [-0.05, 0) is 41.7 Å². The molecule has 2 N–H and O–H groups in total. The van der Waals surface area contributed by atoms with Crippen molar-refractivity contribution in [2.45, 2.75) is 24.8 Å². The molecule has 18 heavy (non-hydrogen) atoms. The van der Waals surface area contributed by atoms with Crippen LogP contribution in [-0.2, 0) is 6.42 Å². The summed E-state index contributed by atoms with van der Waals surface area (Å²) in [6.07, 6.45) is 2.00. The second kappa shape index (κ2) is 4.75. The normalized spacial score (nSPS) is 22.6. The van der Waals surface area contributed by atoms with Crippen molar-refractivity contribution in [3.63, 3.8) is 0 Å². The third-order valence-electron chi connectivity index (χ3n) is 3.72. The minimum Gasteiger partial charge on any atom is -0.327 e. The molecule has 1 aliphatic rings. The van der Waals surface area contributed by atoms with Gasteiger partial charge >= 0.3 is 0 Å². The topological polar surface area (TPSA) is 26.0 Å². The Hall–Kier alpha value is -1.31. The number of fused-ring (bicyclic) bond motifs is 1. The van der Waals surface area contributed by atoms with E-state index >= 15 is 0 Å². The van der Waals surface area contributed by atoms with Gasteiger partial charge in [-0.15, -0.1) is 0 Å². The van der Waals surface area contributed by atoms with Crippen LogP contribution in [0.25, 0.3) is 0 Å². The van der Waals surface area contributed by atoms with Crippen LogP contribution in [0.4, 0.5) is 0 Å². The molecule has 1 nitrogen and oxygen atoms in total. The number of hydrogen-bond acceptors (Lipinski definition) is 1. The van der Waals surface area contributed by atoms with Crippen LogP contribution < -0.4 is 5.73 Å². The number of benzene rings is 2. The fourth-order valence-corrected chi connectivity index (χ4v) is 2.99. The molecule has 0 radical (unpaired) electrons. The predicted molar refractivity (Wildman–Crippen MR) is 76.0 cm³/mol. The van der Waals surface area contributed by atoms with E-state index in [4.69, 9.17) is 17.3 Å². The second-order valence-corrected chi connectivity index (χ2v) is 5.44. The summed E-state index contributed by atoms with van der Waals surface area (Å²) in [5.74, 6) is 0.405. The van der Waals surface area contributed by atoms with E-state index in [2.05, 4.69) is 36.4 Å². The second-order valence-electron chi connectivity index (χ2n) is 5.00. The summed E-state index contributed by atoms with van der Waals surface area (Å²) < 4.78 is 0. The summed E-state index contributed by atoms with van der Waals surface area (Å²) in [7, 11) is 0. The van der Waals surface area contributed by atoms with Crippen molar-refractivity contribution in [2.75, 3.05) is 0 Å². The van der Waals surface area contributed by atoms with E-state index in [0.29, 0.717) is 5.92 Å². The van der Waals surface area contributed by atoms with E-state index in [1.54, 1.807) is 0 Å². The minimum absolute atomic E-state index is 0.251. The van der Waals surface area contributed by atoms with Gasteiger partial charge in [0.25, 0.3) is 0 Å². The maximum atomic E-state index is 6.18. The number of halogens is 1. The lowest BCUT2D eigenvalue weighted by molar-refractivity contribution is 0.531. The van der Waals surface area contributed by atoms with E-state index < -0.39 is 0 Å². The van der Waals surface area contributed by atoms with Gasteiger partial charge < -0.3 is 5.73 Å². The fraction of sp³-hybridized carbons (Fsp3) is 0.250. The predicted octanol–water partition coefficient (Wildman–Crippen LogP) is 3.75. The van der Waals surface area contributed by atoms with E-state index in [-0.39, 0.29) is 6.04 Å². The summed E-state index contributed by atoms with van der Waals surface area (Å²) in [4.78, 5) is 0. The van der Waals surface area contributed by atoms with Crippen LogP contribution in [0.5, 0.6) is 0 Å². The summed E-state index contributed by atoms with van der Waals surface area (Å²) in [5, 5.41) is 0.784. The lowest BCUT2D eigenvalue weighted by Gasteiger charge is -2.30. The minimum atomic E-state index is 0.251. The highest BCUT2D eigenvalue weighted by molar-refractivity contribution is 6.30. The molecule has 0 aliphatic heterocycles. The van der Waals surface area contributed by atoms with E-state index in [9.17, 15) is 0 Å². The Morgan fingerprint density at radius 3 is 2.50 bits per heavy atom. The number of rotatable bonds is 1. The molecule has 0 saturated heterocycles. The molecule has 3 rings (SSSR count). The Morgan fingerprint density at radius 2 is 1.72 bits per heavy atom. The average Bonchev–Trinajstić information content (AvgIpc) is 2.38. The van der Waals surface area contributed by atoms with Crippen molar-refractivity contribution < 1.29 is 0 Å². The highest BCUT2D eigenvalue weighted by atomic mass is 35.5. The summed E-state index contributed by atoms with van der Waals surface area (Å²) in [6, 6.07) is 17.0. The Labute approximate surface area is 113 Å². The third-order valence-corrected chi connectivity index (χ3v) is 3.98. The molecule has 2 aromatic rings. The Balaban J connectivity index is 2.04. The molecule has 0 fully saturated rings. The third kappa shape index (κ3) is 2.16. The standard InChI is InChI=1S/C16H16ClN/c17-13-7-5-11(6-8-13)16-10-14(18)9-12-3-1-2-4-15(12)16/h1-8,14,16H,9-10,18H2/t14-,16-/m1/s1. The van der Waals surface area contributed by atoms with Gasteiger partial charge in [0, 0.05) is 17.0 Å². The van der Waals surface area contributed by atoms with Crippen LogP contribution in [0.2, 0.25) is 5.02 Å². The van der Waals surface area contributed by atoms with Crippen LogP contribution in [0.3, 0.4) is 0 Å². The molecule has 1 aliphatic carbocycles. The first-order valence-electron chi connectivity index (χ1n) is 6.33. The molecule has 0 bridgehead atoms. The fourth-order valence-electron chi connectivity index (χ4n) is 2.87. The maximum absolute atomic E-state index is 6.18. The first kappa shape index (κ1) is 11.8. The monoisotopic (exact) mass is 257 g/mol. The molecule has 0 aromatic heterocycles. The quantitative estimate of drug-likeness (QED) is 0.827. The highest BCUT2D eigenvalue weighted by Crippen LogP contribution is 2.36. The van der Waals surface area contributed by atoms with Crippen molar-refractivity contribution in [2.24, 2.45) is 5.73 Å². The van der Waals surface area contributed by atoms with Crippen LogP contribution in [0, 0.1) is 0 Å². The van der Waals surface area contributed by atoms with Crippen molar-refractivity contribution >= 4 is 11.6 Å². The molecule has 0 heterocycles. The molecule has 2 atom stereocenters. The van der Waals surface area contributed by atoms with Gasteiger partial charge in [-0.2, -0.15) is 0 Å². The molecule has 92 valence electrons. The average molecular weight is 258 g/mol. The summed E-state index contributed by atoms with van der Waals surface area (Å²) >= 11 is 5.95. The van der Waals surface area contributed by atoms with Gasteiger partial charge in [0.2, 0.25) is 0 Å². The van der Waals surface area contributed by atoms with Crippen LogP contribution in [0.15, 0.2) is 48.5 Å². The first-order chi connectivity index (χ1) is 8.74. The Bertz CT molecular complexity index is 547. The van der Waals surface area contributed by atoms with Gasteiger partial charge in [-0.1, -0.05) is 48.0 Å². The zero-order valence-corrected chi connectivity index (χ0v) is 10.9. The van der Waals surface area contributed by atoms with E-state index in [0.717, 1.165) is 17.9 Å². The van der Waals surface area contributed by atoms with Gasteiger partial charge in [0.15, 0.2) is 0 Å². The zero-order chi connectivity index (χ0) is 12.5. The molecule has 2 aromatic carbocycles. The van der Waals surface area contributed by atoms with Gasteiger partial charge in [0.1, 0.15) is 0 Å². The summed E-state index contributed by atoms with van der Waals surface area (Å²) in [6.45, 7) is 0. The van der Waals surface area contributed by atoms with Gasteiger partial charge in [0.05, 0.1) is 0 Å². The lowest BCUT2D eigenvalue weighted by Crippen LogP contribution is -2.30. The van der Waals surface area contributed by atoms with Crippen LogP contribution in [-0.4, -0.2) is 6.04 Å². The van der Waals surface area contributed by atoms with Gasteiger partial charge in [-0.3, -0.25) is 0 Å². The number of hydrogen-bond donors (Lipinski definition) is 1. The number of nitrogens with two attached hydrogens (primary N) is 1. The zero-order valence-electron chi connectivity index (χ0n) is 10.1. The first-order valence-corrected chi connectivity index (χ1v) is 6.70. The van der Waals surface area contributed by atoms with Crippen LogP contribution >= 0.6 is 11.6 Å². The van der Waals surface area contributed by atoms with Gasteiger partial charge in [-0.25, -0.2) is 0 Å². The Morgan fingerprint density at radius 1 is 1.00 bits per heavy atom. The SMILES string of the molecule is N[C@@H]1Cc2ccccc2[C@@H](c2ccc(Cl)cc2)C1. The summed E-state index contributed by atoms with van der Waals surface area (Å²) in [5.41, 5.74) is 10.3. The largest absolute Gasteiger partial charge is 0.327 e. The molecule has 0 amide bonds. The lowest BCUT2D eigenvalue weighted by atomic mass is 9.77.